The van der Waals surface area contributed by atoms with Crippen molar-refractivity contribution in [1.29, 1.82) is 0 Å². The van der Waals surface area contributed by atoms with Gasteiger partial charge in [0.15, 0.2) is 6.10 Å². The van der Waals surface area contributed by atoms with Crippen molar-refractivity contribution in [3.63, 3.8) is 0 Å². The number of carboxylic acid groups (broad SMARTS) is 1. The van der Waals surface area contributed by atoms with Crippen molar-refractivity contribution in [2.45, 2.75) is 31.4 Å². The smallest absolute Gasteiger partial charge is 0.334 e. The minimum Gasteiger partial charge on any atom is -0.479 e. The molecule has 2 atom stereocenters. The molecule has 0 heterocycles. The van der Waals surface area contributed by atoms with E-state index in [2.05, 4.69) is 10.1 Å². The van der Waals surface area contributed by atoms with Crippen LogP contribution < -0.4 is 11.1 Å². The minimum atomic E-state index is -1.09. The Morgan fingerprint density at radius 3 is 2.62 bits per heavy atom. The van der Waals surface area contributed by atoms with Gasteiger partial charge in [-0.2, -0.15) is 0 Å². The van der Waals surface area contributed by atoms with Gasteiger partial charge < -0.3 is 20.9 Å². The first kappa shape index (κ1) is 12.9. The topological polar surface area (TPSA) is 102 Å². The number of nitrogens with two attached hydrogens (primary N) is 1. The first-order chi connectivity index (χ1) is 7.54. The number of methoxy groups -OCH3 is 1. The largest absolute Gasteiger partial charge is 0.479 e. The summed E-state index contributed by atoms with van der Waals surface area (Å²) in [5.41, 5.74) is 5.77. The second-order valence-electron chi connectivity index (χ2n) is 4.07. The number of amides is 1. The molecule has 0 radical (unpaired) electrons. The fourth-order valence-electron chi connectivity index (χ4n) is 1.46. The van der Waals surface area contributed by atoms with Gasteiger partial charge in [0.1, 0.15) is 0 Å². The zero-order valence-corrected chi connectivity index (χ0v) is 9.31. The third-order valence-corrected chi connectivity index (χ3v) is 2.69. The Morgan fingerprint density at radius 1 is 1.56 bits per heavy atom. The quantitative estimate of drug-likeness (QED) is 0.538. The molecule has 1 aliphatic carbocycles. The average Bonchev–Trinajstić information content (AvgIpc) is 3.00. The summed E-state index contributed by atoms with van der Waals surface area (Å²) in [5.74, 6) is -0.847. The first-order valence-electron chi connectivity index (χ1n) is 5.32. The van der Waals surface area contributed by atoms with Crippen LogP contribution in [-0.4, -0.2) is 42.8 Å². The first-order valence-corrected chi connectivity index (χ1v) is 5.32. The van der Waals surface area contributed by atoms with Crippen LogP contribution in [0.5, 0.6) is 0 Å². The molecule has 92 valence electrons. The number of nitrogens with one attached hydrogen (secondary N) is 1. The second kappa shape index (κ2) is 5.81. The molecule has 1 fully saturated rings. The number of hydrogen-bond acceptors (Lipinski definition) is 4. The van der Waals surface area contributed by atoms with Gasteiger partial charge in [-0.25, -0.2) is 4.79 Å². The molecule has 2 unspecified atom stereocenters. The molecule has 4 N–H and O–H groups in total. The molecule has 1 aliphatic rings. The van der Waals surface area contributed by atoms with Gasteiger partial charge in [-0.3, -0.25) is 4.79 Å². The van der Waals surface area contributed by atoms with E-state index in [9.17, 15) is 9.59 Å². The van der Waals surface area contributed by atoms with Crippen LogP contribution in [-0.2, 0) is 14.3 Å². The van der Waals surface area contributed by atoms with Gasteiger partial charge in [-0.15, -0.1) is 0 Å². The second-order valence-corrected chi connectivity index (χ2v) is 4.07. The lowest BCUT2D eigenvalue weighted by Gasteiger charge is -2.13. The summed E-state index contributed by atoms with van der Waals surface area (Å²) in [6, 6.07) is -0.106. The Kier molecular flexibility index (Phi) is 4.70. The summed E-state index contributed by atoms with van der Waals surface area (Å²) >= 11 is 0. The summed E-state index contributed by atoms with van der Waals surface area (Å²) in [5, 5.41) is 11.2. The Morgan fingerprint density at radius 2 is 2.19 bits per heavy atom. The molecule has 1 rings (SSSR count). The van der Waals surface area contributed by atoms with Crippen LogP contribution in [0.1, 0.15) is 19.3 Å². The highest BCUT2D eigenvalue weighted by Crippen LogP contribution is 2.32. The van der Waals surface area contributed by atoms with Gasteiger partial charge in [0.25, 0.3) is 0 Å². The Balaban J connectivity index is 2.20. The van der Waals surface area contributed by atoms with E-state index in [-0.39, 0.29) is 24.9 Å². The number of hydrogen-bond donors (Lipinski definition) is 3. The number of aliphatic carboxylic acids is 1. The Bertz CT molecular complexity index is 266. The monoisotopic (exact) mass is 230 g/mol. The molecule has 0 aromatic rings. The van der Waals surface area contributed by atoms with Crippen molar-refractivity contribution < 1.29 is 19.4 Å². The van der Waals surface area contributed by atoms with Crippen molar-refractivity contribution in [3.8, 4) is 0 Å². The molecule has 0 saturated heterocycles. The predicted molar refractivity (Wildman–Crippen MR) is 56.8 cm³/mol. The zero-order chi connectivity index (χ0) is 12.1. The van der Waals surface area contributed by atoms with Crippen LogP contribution in [0, 0.1) is 5.92 Å². The number of ether oxygens (including phenoxy) is 1. The lowest BCUT2D eigenvalue weighted by atomic mass is 10.1. The number of carbonyl (C=O) groups is 2. The molecule has 0 aromatic heterocycles. The molecule has 1 saturated carbocycles. The molecule has 0 bridgehead atoms. The van der Waals surface area contributed by atoms with E-state index in [4.69, 9.17) is 10.8 Å². The number of carboxylic acids is 1. The Labute approximate surface area is 94.1 Å². The van der Waals surface area contributed by atoms with E-state index < -0.39 is 12.1 Å². The molecule has 0 aromatic carbocycles. The molecule has 0 aliphatic heterocycles. The highest BCUT2D eigenvalue weighted by molar-refractivity contribution is 5.78. The SMILES string of the molecule is COC(CNC(=O)CC(N)C1CC1)C(=O)O. The fraction of sp³-hybridized carbons (Fsp3) is 0.800. The van der Waals surface area contributed by atoms with Gasteiger partial charge in [0.2, 0.25) is 5.91 Å². The number of rotatable bonds is 7. The maximum atomic E-state index is 11.4. The summed E-state index contributed by atoms with van der Waals surface area (Å²) in [7, 11) is 1.29. The molecular weight excluding hydrogens is 212 g/mol. The summed E-state index contributed by atoms with van der Waals surface area (Å²) < 4.78 is 4.68. The van der Waals surface area contributed by atoms with E-state index in [1.807, 2.05) is 0 Å². The molecule has 6 heteroatoms. The van der Waals surface area contributed by atoms with E-state index >= 15 is 0 Å². The number of carbonyl (C=O) groups excluding carboxylic acids is 1. The van der Waals surface area contributed by atoms with E-state index in [1.54, 1.807) is 0 Å². The van der Waals surface area contributed by atoms with Crippen LogP contribution in [0.25, 0.3) is 0 Å². The predicted octanol–water partition coefficient (Wildman–Crippen LogP) is -0.670. The summed E-state index contributed by atoms with van der Waals surface area (Å²) in [6.07, 6.45) is 1.43. The van der Waals surface area contributed by atoms with E-state index in [0.29, 0.717) is 5.92 Å². The molecule has 1 amide bonds. The maximum absolute atomic E-state index is 11.4. The van der Waals surface area contributed by atoms with Gasteiger partial charge in [0, 0.05) is 19.6 Å². The highest BCUT2D eigenvalue weighted by Gasteiger charge is 2.30. The maximum Gasteiger partial charge on any atom is 0.334 e. The van der Waals surface area contributed by atoms with Crippen molar-refractivity contribution in [2.75, 3.05) is 13.7 Å². The summed E-state index contributed by atoms with van der Waals surface area (Å²) in [4.78, 5) is 22.0. The van der Waals surface area contributed by atoms with Crippen LogP contribution in [0.3, 0.4) is 0 Å². The standard InChI is InChI=1S/C10H18N2O4/c1-16-8(10(14)15)5-12-9(13)4-7(11)6-2-3-6/h6-8H,2-5,11H2,1H3,(H,12,13)(H,14,15). The lowest BCUT2D eigenvalue weighted by molar-refractivity contribution is -0.148. The van der Waals surface area contributed by atoms with Crippen molar-refractivity contribution >= 4 is 11.9 Å². The zero-order valence-electron chi connectivity index (χ0n) is 9.31. The van der Waals surface area contributed by atoms with Crippen LogP contribution in [0.2, 0.25) is 0 Å². The van der Waals surface area contributed by atoms with E-state index in [1.165, 1.54) is 7.11 Å². The minimum absolute atomic E-state index is 0.0257. The van der Waals surface area contributed by atoms with Gasteiger partial charge in [0.05, 0.1) is 6.54 Å². The van der Waals surface area contributed by atoms with E-state index in [0.717, 1.165) is 12.8 Å². The molecule has 0 spiro atoms. The van der Waals surface area contributed by atoms with Crippen LogP contribution >= 0.6 is 0 Å². The lowest BCUT2D eigenvalue weighted by Crippen LogP contribution is -2.40. The molecular formula is C10H18N2O4. The van der Waals surface area contributed by atoms with Crippen molar-refractivity contribution in [3.05, 3.63) is 0 Å². The van der Waals surface area contributed by atoms with Crippen LogP contribution in [0.15, 0.2) is 0 Å². The molecule has 16 heavy (non-hydrogen) atoms. The fourth-order valence-corrected chi connectivity index (χ4v) is 1.46. The van der Waals surface area contributed by atoms with Gasteiger partial charge >= 0.3 is 5.97 Å². The third kappa shape index (κ3) is 4.16. The van der Waals surface area contributed by atoms with Crippen LogP contribution in [0.4, 0.5) is 0 Å². The van der Waals surface area contributed by atoms with Crippen molar-refractivity contribution in [2.24, 2.45) is 11.7 Å². The van der Waals surface area contributed by atoms with Gasteiger partial charge in [-0.05, 0) is 18.8 Å². The highest BCUT2D eigenvalue weighted by atomic mass is 16.5. The van der Waals surface area contributed by atoms with Gasteiger partial charge in [-0.1, -0.05) is 0 Å². The average molecular weight is 230 g/mol. The molecule has 6 nitrogen and oxygen atoms in total. The third-order valence-electron chi connectivity index (χ3n) is 2.69. The van der Waals surface area contributed by atoms with Crippen molar-refractivity contribution in [1.82, 2.24) is 5.32 Å². The Hall–Kier alpha value is -1.14. The summed E-state index contributed by atoms with van der Waals surface area (Å²) in [6.45, 7) is -0.0257. The normalized spacial score (nSPS) is 18.9.